The monoisotopic (exact) mass is 371 g/mol. The molecule has 0 unspecified atom stereocenters. The van der Waals surface area contributed by atoms with Crippen molar-refractivity contribution in [3.8, 4) is 0 Å². The molecule has 0 bridgehead atoms. The van der Waals surface area contributed by atoms with Crippen LogP contribution in [0.15, 0.2) is 42.5 Å². The molecule has 0 saturated carbocycles. The molecule has 0 aromatic heterocycles. The number of nitrogens with one attached hydrogen (secondary N) is 1. The van der Waals surface area contributed by atoms with E-state index in [1.807, 2.05) is 24.3 Å². The zero-order valence-electron chi connectivity index (χ0n) is 13.0. The Labute approximate surface area is 146 Å². The Morgan fingerprint density at radius 1 is 1.12 bits per heavy atom. The van der Waals surface area contributed by atoms with Crippen molar-refractivity contribution >= 4 is 34.4 Å². The molecule has 0 saturated heterocycles. The summed E-state index contributed by atoms with van der Waals surface area (Å²) in [5.41, 5.74) is 0.620. The molecular weight excluding hydrogens is 355 g/mol. The number of carbonyl (C=O) groups excluding carboxylic acids is 1. The number of fused-ring (bicyclic) bond motifs is 1. The first-order valence-corrected chi connectivity index (χ1v) is 8.55. The van der Waals surface area contributed by atoms with Gasteiger partial charge in [-0.2, -0.15) is 13.2 Å². The molecule has 0 spiro atoms. The normalized spacial score (nSPS) is 12.8. The average Bonchev–Trinajstić information content (AvgIpc) is 2.52. The molecule has 0 aliphatic heterocycles. The SMILES string of the molecule is O=C(O)C[C@@H](NC(=O)CSCC(F)(F)F)c1cccc2ccccc12. The van der Waals surface area contributed by atoms with Gasteiger partial charge in [0.1, 0.15) is 0 Å². The van der Waals surface area contributed by atoms with E-state index in [1.54, 1.807) is 18.2 Å². The Morgan fingerprint density at radius 3 is 2.48 bits per heavy atom. The second-order valence-corrected chi connectivity index (χ2v) is 6.38. The lowest BCUT2D eigenvalue weighted by atomic mass is 9.96. The van der Waals surface area contributed by atoms with Crippen LogP contribution in [0.25, 0.3) is 10.8 Å². The maximum atomic E-state index is 12.1. The summed E-state index contributed by atoms with van der Waals surface area (Å²) in [4.78, 5) is 23.1. The fraction of sp³-hybridized carbons (Fsp3) is 0.294. The second kappa shape index (κ2) is 8.24. The highest BCUT2D eigenvalue weighted by Gasteiger charge is 2.27. The number of carboxylic acids is 1. The minimum atomic E-state index is -4.35. The molecule has 0 heterocycles. The van der Waals surface area contributed by atoms with E-state index < -0.39 is 29.8 Å². The van der Waals surface area contributed by atoms with Crippen LogP contribution in [0.1, 0.15) is 18.0 Å². The van der Waals surface area contributed by atoms with Gasteiger partial charge in [-0.15, -0.1) is 11.8 Å². The Bertz CT molecular complexity index is 759. The smallest absolute Gasteiger partial charge is 0.397 e. The summed E-state index contributed by atoms with van der Waals surface area (Å²) in [5, 5.41) is 13.3. The van der Waals surface area contributed by atoms with Gasteiger partial charge in [-0.3, -0.25) is 9.59 Å². The van der Waals surface area contributed by atoms with E-state index in [4.69, 9.17) is 5.11 Å². The molecule has 2 aromatic rings. The minimum absolute atomic E-state index is 0.357. The summed E-state index contributed by atoms with van der Waals surface area (Å²) in [6, 6.07) is 11.8. The lowest BCUT2D eigenvalue weighted by Crippen LogP contribution is -2.32. The molecule has 1 amide bonds. The molecule has 2 aromatic carbocycles. The molecular formula is C17H16F3NO3S. The molecule has 4 nitrogen and oxygen atoms in total. The van der Waals surface area contributed by atoms with Gasteiger partial charge in [0.15, 0.2) is 0 Å². The zero-order valence-corrected chi connectivity index (χ0v) is 13.9. The summed E-state index contributed by atoms with van der Waals surface area (Å²) in [5.74, 6) is -3.26. The number of carbonyl (C=O) groups is 2. The number of aliphatic carboxylic acids is 1. The van der Waals surface area contributed by atoms with Gasteiger partial charge in [0, 0.05) is 0 Å². The van der Waals surface area contributed by atoms with Crippen LogP contribution >= 0.6 is 11.8 Å². The predicted molar refractivity (Wildman–Crippen MR) is 90.5 cm³/mol. The van der Waals surface area contributed by atoms with Gasteiger partial charge in [-0.1, -0.05) is 42.5 Å². The highest BCUT2D eigenvalue weighted by Crippen LogP contribution is 2.27. The largest absolute Gasteiger partial charge is 0.481 e. The van der Waals surface area contributed by atoms with Gasteiger partial charge >= 0.3 is 12.1 Å². The van der Waals surface area contributed by atoms with E-state index in [1.165, 1.54) is 0 Å². The first-order valence-electron chi connectivity index (χ1n) is 7.39. The predicted octanol–water partition coefficient (Wildman–Crippen LogP) is 3.77. The zero-order chi connectivity index (χ0) is 18.4. The molecule has 0 fully saturated rings. The van der Waals surface area contributed by atoms with Crippen LogP contribution in [0.2, 0.25) is 0 Å². The van der Waals surface area contributed by atoms with E-state index in [2.05, 4.69) is 5.32 Å². The molecule has 0 aliphatic carbocycles. The molecule has 1 atom stereocenters. The summed E-state index contributed by atoms with van der Waals surface area (Å²) < 4.78 is 36.4. The van der Waals surface area contributed by atoms with E-state index >= 15 is 0 Å². The van der Waals surface area contributed by atoms with Gasteiger partial charge in [0.05, 0.1) is 24.0 Å². The van der Waals surface area contributed by atoms with Crippen LogP contribution in [0.4, 0.5) is 13.2 Å². The van der Waals surface area contributed by atoms with Crippen molar-refractivity contribution in [1.82, 2.24) is 5.32 Å². The van der Waals surface area contributed by atoms with Crippen LogP contribution in [-0.4, -0.2) is 34.7 Å². The van der Waals surface area contributed by atoms with Gasteiger partial charge in [0.25, 0.3) is 0 Å². The van der Waals surface area contributed by atoms with Crippen LogP contribution in [0, 0.1) is 0 Å². The average molecular weight is 371 g/mol. The quantitative estimate of drug-likeness (QED) is 0.778. The molecule has 0 aliphatic rings. The van der Waals surface area contributed by atoms with Crippen molar-refractivity contribution in [3.05, 3.63) is 48.0 Å². The molecule has 0 radical (unpaired) electrons. The summed E-state index contributed by atoms with van der Waals surface area (Å²) >= 11 is 0.444. The van der Waals surface area contributed by atoms with Crippen LogP contribution < -0.4 is 5.32 Å². The highest BCUT2D eigenvalue weighted by molar-refractivity contribution is 8.00. The third kappa shape index (κ3) is 5.97. The van der Waals surface area contributed by atoms with E-state index in [0.717, 1.165) is 10.8 Å². The fourth-order valence-electron chi connectivity index (χ4n) is 2.46. The van der Waals surface area contributed by atoms with E-state index in [9.17, 15) is 22.8 Å². The number of rotatable bonds is 7. The van der Waals surface area contributed by atoms with Crippen molar-refractivity contribution < 1.29 is 27.9 Å². The lowest BCUT2D eigenvalue weighted by Gasteiger charge is -2.19. The van der Waals surface area contributed by atoms with Crippen molar-refractivity contribution in [3.63, 3.8) is 0 Å². The Hall–Kier alpha value is -2.22. The number of hydrogen-bond donors (Lipinski definition) is 2. The number of thioether (sulfide) groups is 1. The minimum Gasteiger partial charge on any atom is -0.481 e. The second-order valence-electron chi connectivity index (χ2n) is 5.39. The van der Waals surface area contributed by atoms with Crippen molar-refractivity contribution in [2.45, 2.75) is 18.6 Å². The molecule has 134 valence electrons. The lowest BCUT2D eigenvalue weighted by molar-refractivity contribution is -0.137. The third-order valence-corrected chi connectivity index (χ3v) is 4.41. The Kier molecular flexibility index (Phi) is 6.30. The Morgan fingerprint density at radius 2 is 1.80 bits per heavy atom. The van der Waals surface area contributed by atoms with Crippen LogP contribution in [-0.2, 0) is 9.59 Å². The van der Waals surface area contributed by atoms with E-state index in [0.29, 0.717) is 17.3 Å². The highest BCUT2D eigenvalue weighted by atomic mass is 32.2. The number of halogens is 3. The standard InChI is InChI=1S/C17H16F3NO3S/c18-17(19,20)10-25-9-15(22)21-14(8-16(23)24)13-7-3-5-11-4-1-2-6-12(11)13/h1-7,14H,8-10H2,(H,21,22)(H,23,24)/t14-/m1/s1. The maximum absolute atomic E-state index is 12.1. The summed E-state index contributed by atoms with van der Waals surface area (Å²) in [7, 11) is 0. The van der Waals surface area contributed by atoms with Crippen molar-refractivity contribution in [1.29, 1.82) is 0 Å². The number of benzene rings is 2. The van der Waals surface area contributed by atoms with Gasteiger partial charge in [-0.25, -0.2) is 0 Å². The Balaban J connectivity index is 2.16. The topological polar surface area (TPSA) is 66.4 Å². The third-order valence-electron chi connectivity index (χ3n) is 3.41. The maximum Gasteiger partial charge on any atom is 0.397 e. The van der Waals surface area contributed by atoms with Gasteiger partial charge in [-0.05, 0) is 16.3 Å². The van der Waals surface area contributed by atoms with Gasteiger partial charge < -0.3 is 10.4 Å². The fourth-order valence-corrected chi connectivity index (χ4v) is 3.07. The molecule has 2 N–H and O–H groups in total. The first-order chi connectivity index (χ1) is 11.8. The number of alkyl halides is 3. The molecule has 8 heteroatoms. The summed E-state index contributed by atoms with van der Waals surface area (Å²) in [6.07, 6.45) is -4.70. The van der Waals surface area contributed by atoms with E-state index in [-0.39, 0.29) is 12.2 Å². The van der Waals surface area contributed by atoms with Crippen molar-refractivity contribution in [2.24, 2.45) is 0 Å². The van der Waals surface area contributed by atoms with Gasteiger partial charge in [0.2, 0.25) is 5.91 Å². The van der Waals surface area contributed by atoms with Crippen LogP contribution in [0.5, 0.6) is 0 Å². The number of hydrogen-bond acceptors (Lipinski definition) is 3. The number of amides is 1. The summed E-state index contributed by atoms with van der Waals surface area (Å²) in [6.45, 7) is 0. The molecule has 2 rings (SSSR count). The van der Waals surface area contributed by atoms with Crippen LogP contribution in [0.3, 0.4) is 0 Å². The first kappa shape index (κ1) is 19.1. The van der Waals surface area contributed by atoms with Crippen molar-refractivity contribution in [2.75, 3.05) is 11.5 Å². The number of carboxylic acid groups (broad SMARTS) is 1. The molecule has 25 heavy (non-hydrogen) atoms.